The molecule has 1 atom stereocenters. The minimum absolute atomic E-state index is 0.0246. The van der Waals surface area contributed by atoms with Crippen LogP contribution in [0.3, 0.4) is 0 Å². The van der Waals surface area contributed by atoms with Gasteiger partial charge in [-0.15, -0.1) is 0 Å². The fraction of sp³-hybridized carbons (Fsp3) is 0.417. The number of ether oxygens (including phenoxy) is 1. The first kappa shape index (κ1) is 14.8. The van der Waals surface area contributed by atoms with Crippen molar-refractivity contribution in [1.29, 1.82) is 0 Å². The summed E-state index contributed by atoms with van der Waals surface area (Å²) in [6.45, 7) is 0.245. The molecule has 8 heteroatoms. The molecular formula is C12H15NO6S. The summed E-state index contributed by atoms with van der Waals surface area (Å²) in [5.74, 6) is -1.17. The highest BCUT2D eigenvalue weighted by Crippen LogP contribution is 2.26. The van der Waals surface area contributed by atoms with Gasteiger partial charge in [-0.2, -0.15) is 4.31 Å². The molecule has 1 aromatic rings. The summed E-state index contributed by atoms with van der Waals surface area (Å²) < 4.78 is 30.3. The monoisotopic (exact) mass is 301 g/mol. The molecule has 7 nitrogen and oxygen atoms in total. The van der Waals surface area contributed by atoms with Gasteiger partial charge in [0, 0.05) is 13.1 Å². The van der Waals surface area contributed by atoms with Crippen molar-refractivity contribution in [2.45, 2.75) is 17.4 Å². The number of aromatic hydroxyl groups is 1. The topological polar surface area (TPSA) is 104 Å². The Morgan fingerprint density at radius 1 is 1.45 bits per heavy atom. The van der Waals surface area contributed by atoms with Crippen LogP contribution >= 0.6 is 0 Å². The maximum atomic E-state index is 12.3. The van der Waals surface area contributed by atoms with Crippen LogP contribution in [-0.4, -0.2) is 55.2 Å². The number of benzene rings is 1. The number of carbonyl (C=O) groups excluding carboxylic acids is 1. The molecule has 110 valence electrons. The van der Waals surface area contributed by atoms with Crippen LogP contribution in [0.1, 0.15) is 16.8 Å². The van der Waals surface area contributed by atoms with Crippen LogP contribution in [0.5, 0.6) is 5.75 Å². The maximum Gasteiger partial charge on any atom is 0.341 e. The lowest BCUT2D eigenvalue weighted by Gasteiger charge is -2.16. The zero-order valence-corrected chi connectivity index (χ0v) is 11.6. The van der Waals surface area contributed by atoms with E-state index in [2.05, 4.69) is 4.74 Å². The molecule has 0 radical (unpaired) electrons. The predicted molar refractivity (Wildman–Crippen MR) is 68.8 cm³/mol. The van der Waals surface area contributed by atoms with Gasteiger partial charge in [-0.1, -0.05) is 0 Å². The average molecular weight is 301 g/mol. The number of esters is 1. The molecule has 0 bridgehead atoms. The molecule has 0 spiro atoms. The van der Waals surface area contributed by atoms with Gasteiger partial charge in [-0.25, -0.2) is 13.2 Å². The van der Waals surface area contributed by atoms with Crippen LogP contribution in [0, 0.1) is 0 Å². The number of methoxy groups -OCH3 is 1. The van der Waals surface area contributed by atoms with Gasteiger partial charge in [0.1, 0.15) is 11.3 Å². The third-order valence-corrected chi connectivity index (χ3v) is 5.00. The third-order valence-electron chi connectivity index (χ3n) is 3.14. The number of aliphatic hydroxyl groups excluding tert-OH is 1. The van der Waals surface area contributed by atoms with Crippen LogP contribution in [0.15, 0.2) is 23.1 Å². The highest BCUT2D eigenvalue weighted by atomic mass is 32.2. The summed E-state index contributed by atoms with van der Waals surface area (Å²) in [6, 6.07) is 3.41. The Bertz CT molecular complexity index is 627. The summed E-state index contributed by atoms with van der Waals surface area (Å²) in [5, 5.41) is 19.0. The molecule has 0 amide bonds. The van der Waals surface area contributed by atoms with E-state index in [0.29, 0.717) is 6.42 Å². The second-order valence-corrected chi connectivity index (χ2v) is 6.41. The molecular weight excluding hydrogens is 286 g/mol. The highest BCUT2D eigenvalue weighted by molar-refractivity contribution is 7.89. The molecule has 1 fully saturated rings. The SMILES string of the molecule is COC(=O)c1cc(S(=O)(=O)N2CCC(O)C2)ccc1O. The zero-order chi connectivity index (χ0) is 14.9. The van der Waals surface area contributed by atoms with Crippen molar-refractivity contribution < 1.29 is 28.2 Å². The Morgan fingerprint density at radius 2 is 2.15 bits per heavy atom. The first-order valence-electron chi connectivity index (χ1n) is 5.96. The van der Waals surface area contributed by atoms with Crippen LogP contribution in [-0.2, 0) is 14.8 Å². The summed E-state index contributed by atoms with van der Waals surface area (Å²) in [7, 11) is -2.66. The van der Waals surface area contributed by atoms with E-state index < -0.39 is 22.1 Å². The van der Waals surface area contributed by atoms with Gasteiger partial charge in [0.2, 0.25) is 10.0 Å². The Morgan fingerprint density at radius 3 is 2.70 bits per heavy atom. The van der Waals surface area contributed by atoms with Gasteiger partial charge >= 0.3 is 5.97 Å². The Hall–Kier alpha value is -1.64. The van der Waals surface area contributed by atoms with Crippen LogP contribution < -0.4 is 0 Å². The Labute approximate surface area is 116 Å². The Kier molecular flexibility index (Phi) is 3.98. The predicted octanol–water partition coefficient (Wildman–Crippen LogP) is -0.0659. The highest BCUT2D eigenvalue weighted by Gasteiger charge is 2.32. The van der Waals surface area contributed by atoms with Gasteiger partial charge < -0.3 is 14.9 Å². The second kappa shape index (κ2) is 5.39. The standard InChI is InChI=1S/C12H15NO6S/c1-19-12(16)10-6-9(2-3-11(10)15)20(17,18)13-5-4-8(14)7-13/h2-3,6,8,14-15H,4-5,7H2,1H3. The lowest BCUT2D eigenvalue weighted by molar-refractivity contribution is 0.0597. The summed E-state index contributed by atoms with van der Waals surface area (Å²) in [6.07, 6.45) is -0.303. The number of hydrogen-bond acceptors (Lipinski definition) is 6. The number of phenolic OH excluding ortho intramolecular Hbond substituents is 1. The lowest BCUT2D eigenvalue weighted by Crippen LogP contribution is -2.29. The number of sulfonamides is 1. The van der Waals surface area contributed by atoms with Crippen LogP contribution in [0.4, 0.5) is 0 Å². The molecule has 20 heavy (non-hydrogen) atoms. The second-order valence-electron chi connectivity index (χ2n) is 4.48. The van der Waals surface area contributed by atoms with Crippen molar-refractivity contribution in [1.82, 2.24) is 4.31 Å². The van der Waals surface area contributed by atoms with Crippen LogP contribution in [0.25, 0.3) is 0 Å². The van der Waals surface area contributed by atoms with E-state index in [1.165, 1.54) is 6.07 Å². The quantitative estimate of drug-likeness (QED) is 0.758. The number of aliphatic hydroxyl groups is 1. The molecule has 0 saturated carbocycles. The fourth-order valence-corrected chi connectivity index (χ4v) is 3.55. The summed E-state index contributed by atoms with van der Waals surface area (Å²) in [4.78, 5) is 11.3. The smallest absolute Gasteiger partial charge is 0.341 e. The van der Waals surface area contributed by atoms with Crippen molar-refractivity contribution >= 4 is 16.0 Å². The number of rotatable bonds is 3. The van der Waals surface area contributed by atoms with Crippen molar-refractivity contribution in [2.24, 2.45) is 0 Å². The molecule has 0 aromatic heterocycles. The molecule has 2 N–H and O–H groups in total. The number of nitrogens with zero attached hydrogens (tertiary/aromatic N) is 1. The molecule has 1 aliphatic rings. The lowest BCUT2D eigenvalue weighted by atomic mass is 10.2. The first-order chi connectivity index (χ1) is 9.36. The number of carbonyl (C=O) groups is 1. The molecule has 0 aliphatic carbocycles. The van der Waals surface area contributed by atoms with Crippen molar-refractivity contribution in [3.8, 4) is 5.75 Å². The normalized spacial score (nSPS) is 20.0. The van der Waals surface area contributed by atoms with E-state index in [1.807, 2.05) is 0 Å². The van der Waals surface area contributed by atoms with E-state index in [1.54, 1.807) is 0 Å². The molecule has 1 aromatic carbocycles. The van der Waals surface area contributed by atoms with Crippen molar-refractivity contribution in [3.05, 3.63) is 23.8 Å². The van der Waals surface area contributed by atoms with E-state index in [9.17, 15) is 23.4 Å². The minimum Gasteiger partial charge on any atom is -0.507 e. The fourth-order valence-electron chi connectivity index (χ4n) is 2.03. The number of β-amino-alcohol motifs (C(OH)–C–C–N with tert-alkyl or cyclic N) is 1. The number of hydrogen-bond donors (Lipinski definition) is 2. The van der Waals surface area contributed by atoms with E-state index in [-0.39, 0.29) is 29.3 Å². The molecule has 1 unspecified atom stereocenters. The van der Waals surface area contributed by atoms with E-state index >= 15 is 0 Å². The Balaban J connectivity index is 2.40. The first-order valence-corrected chi connectivity index (χ1v) is 7.40. The van der Waals surface area contributed by atoms with Gasteiger partial charge in [-0.3, -0.25) is 0 Å². The van der Waals surface area contributed by atoms with Gasteiger partial charge in [0.25, 0.3) is 0 Å². The molecule has 2 rings (SSSR count). The average Bonchev–Trinajstić information content (AvgIpc) is 2.85. The molecule has 1 heterocycles. The molecule has 1 aliphatic heterocycles. The van der Waals surface area contributed by atoms with Gasteiger partial charge in [-0.05, 0) is 24.6 Å². The van der Waals surface area contributed by atoms with Gasteiger partial charge in [0.15, 0.2) is 0 Å². The van der Waals surface area contributed by atoms with E-state index in [0.717, 1.165) is 23.5 Å². The van der Waals surface area contributed by atoms with Gasteiger partial charge in [0.05, 0.1) is 18.1 Å². The largest absolute Gasteiger partial charge is 0.507 e. The third kappa shape index (κ3) is 2.62. The summed E-state index contributed by atoms with van der Waals surface area (Å²) >= 11 is 0. The summed E-state index contributed by atoms with van der Waals surface area (Å²) in [5.41, 5.74) is -0.215. The maximum absolute atomic E-state index is 12.3. The van der Waals surface area contributed by atoms with E-state index in [4.69, 9.17) is 0 Å². The zero-order valence-electron chi connectivity index (χ0n) is 10.8. The minimum atomic E-state index is -3.80. The van der Waals surface area contributed by atoms with Crippen molar-refractivity contribution in [2.75, 3.05) is 20.2 Å². The van der Waals surface area contributed by atoms with Crippen LogP contribution in [0.2, 0.25) is 0 Å². The van der Waals surface area contributed by atoms with Crippen molar-refractivity contribution in [3.63, 3.8) is 0 Å². The number of phenols is 1. The molecule has 1 saturated heterocycles.